The van der Waals surface area contributed by atoms with Gasteiger partial charge in [0.25, 0.3) is 5.91 Å². The van der Waals surface area contributed by atoms with E-state index in [4.69, 9.17) is 5.73 Å². The number of nitrogens with zero attached hydrogens (tertiary/aromatic N) is 1. The SMILES string of the molecule is CCNc1cc(C(=O)NCC(C)(C)C(N)=O)cc(CC)n1. The van der Waals surface area contributed by atoms with E-state index in [1.807, 2.05) is 13.8 Å². The molecule has 21 heavy (non-hydrogen) atoms. The molecular weight excluding hydrogens is 268 g/mol. The van der Waals surface area contributed by atoms with Crippen molar-refractivity contribution in [2.45, 2.75) is 34.1 Å². The highest BCUT2D eigenvalue weighted by Gasteiger charge is 2.25. The summed E-state index contributed by atoms with van der Waals surface area (Å²) in [7, 11) is 0. The zero-order valence-corrected chi connectivity index (χ0v) is 13.1. The van der Waals surface area contributed by atoms with Crippen LogP contribution in [0.25, 0.3) is 0 Å². The van der Waals surface area contributed by atoms with Crippen LogP contribution in [0, 0.1) is 5.41 Å². The third-order valence-electron chi connectivity index (χ3n) is 3.22. The molecule has 0 saturated carbocycles. The number of hydrogen-bond donors (Lipinski definition) is 3. The van der Waals surface area contributed by atoms with E-state index in [2.05, 4.69) is 15.6 Å². The molecule has 1 aromatic rings. The van der Waals surface area contributed by atoms with Crippen molar-refractivity contribution in [1.82, 2.24) is 10.3 Å². The quantitative estimate of drug-likeness (QED) is 0.706. The van der Waals surface area contributed by atoms with Crippen molar-refractivity contribution in [3.8, 4) is 0 Å². The summed E-state index contributed by atoms with van der Waals surface area (Å²) in [6.45, 7) is 8.27. The third kappa shape index (κ3) is 4.73. The van der Waals surface area contributed by atoms with Crippen molar-refractivity contribution < 1.29 is 9.59 Å². The minimum Gasteiger partial charge on any atom is -0.370 e. The lowest BCUT2D eigenvalue weighted by Gasteiger charge is -2.20. The second-order valence-electron chi connectivity index (χ2n) is 5.55. The number of primary amides is 1. The molecule has 0 saturated heterocycles. The standard InChI is InChI=1S/C15H24N4O2/c1-5-11-7-10(8-12(19-11)17-6-2)13(20)18-9-15(3,4)14(16)21/h7-8H,5-6,9H2,1-4H3,(H2,16,21)(H,17,19)(H,18,20). The van der Waals surface area contributed by atoms with Gasteiger partial charge in [0.05, 0.1) is 5.41 Å². The van der Waals surface area contributed by atoms with Gasteiger partial charge in [0.1, 0.15) is 5.82 Å². The Balaban J connectivity index is 2.86. The number of nitrogens with two attached hydrogens (primary N) is 1. The predicted octanol–water partition coefficient (Wildman–Crippen LogP) is 1.32. The molecule has 0 aliphatic heterocycles. The van der Waals surface area contributed by atoms with Crippen LogP contribution in [0.3, 0.4) is 0 Å². The van der Waals surface area contributed by atoms with Crippen LogP contribution in [0.15, 0.2) is 12.1 Å². The maximum absolute atomic E-state index is 12.2. The minimum atomic E-state index is -0.777. The van der Waals surface area contributed by atoms with E-state index in [-0.39, 0.29) is 12.5 Å². The average Bonchev–Trinajstić information content (AvgIpc) is 2.44. The Kier molecular flexibility index (Phi) is 5.69. The fraction of sp³-hybridized carbons (Fsp3) is 0.533. The van der Waals surface area contributed by atoms with Crippen molar-refractivity contribution in [2.24, 2.45) is 11.1 Å². The van der Waals surface area contributed by atoms with E-state index < -0.39 is 11.3 Å². The number of nitrogens with one attached hydrogen (secondary N) is 2. The Morgan fingerprint density at radius 1 is 1.29 bits per heavy atom. The number of carbonyl (C=O) groups excluding carboxylic acids is 2. The van der Waals surface area contributed by atoms with Crippen molar-refractivity contribution in [3.63, 3.8) is 0 Å². The fourth-order valence-corrected chi connectivity index (χ4v) is 1.66. The van der Waals surface area contributed by atoms with Crippen LogP contribution in [0.2, 0.25) is 0 Å². The molecule has 1 aromatic heterocycles. The van der Waals surface area contributed by atoms with Gasteiger partial charge < -0.3 is 16.4 Å². The Morgan fingerprint density at radius 2 is 1.95 bits per heavy atom. The first kappa shape index (κ1) is 16.9. The van der Waals surface area contributed by atoms with E-state index >= 15 is 0 Å². The van der Waals surface area contributed by atoms with Gasteiger partial charge in [-0.1, -0.05) is 6.92 Å². The predicted molar refractivity (Wildman–Crippen MR) is 83.1 cm³/mol. The molecule has 0 unspecified atom stereocenters. The maximum atomic E-state index is 12.2. The van der Waals surface area contributed by atoms with E-state index in [1.165, 1.54) is 0 Å². The normalized spacial score (nSPS) is 11.0. The highest BCUT2D eigenvalue weighted by Crippen LogP contribution is 2.14. The largest absolute Gasteiger partial charge is 0.370 e. The molecule has 116 valence electrons. The highest BCUT2D eigenvalue weighted by molar-refractivity contribution is 5.95. The molecule has 0 atom stereocenters. The summed E-state index contributed by atoms with van der Waals surface area (Å²) in [5.74, 6) is -0.00291. The third-order valence-corrected chi connectivity index (χ3v) is 3.22. The summed E-state index contributed by atoms with van der Waals surface area (Å²) in [6.07, 6.45) is 0.742. The van der Waals surface area contributed by atoms with Gasteiger partial charge in [-0.3, -0.25) is 9.59 Å². The Morgan fingerprint density at radius 3 is 2.48 bits per heavy atom. The van der Waals surface area contributed by atoms with Crippen LogP contribution in [0.4, 0.5) is 5.82 Å². The van der Waals surface area contributed by atoms with Gasteiger partial charge in [-0.15, -0.1) is 0 Å². The molecule has 4 N–H and O–H groups in total. The smallest absolute Gasteiger partial charge is 0.251 e. The molecule has 6 heteroatoms. The number of anilines is 1. The number of carbonyl (C=O) groups is 2. The lowest BCUT2D eigenvalue weighted by Crippen LogP contribution is -2.42. The first-order valence-corrected chi connectivity index (χ1v) is 7.13. The topological polar surface area (TPSA) is 97.1 Å². The van der Waals surface area contributed by atoms with Crippen molar-refractivity contribution in [1.29, 1.82) is 0 Å². The van der Waals surface area contributed by atoms with Gasteiger partial charge in [-0.2, -0.15) is 0 Å². The first-order chi connectivity index (χ1) is 9.80. The molecule has 0 bridgehead atoms. The minimum absolute atomic E-state index is 0.196. The first-order valence-electron chi connectivity index (χ1n) is 7.13. The zero-order chi connectivity index (χ0) is 16.0. The molecule has 0 radical (unpaired) electrons. The summed E-state index contributed by atoms with van der Waals surface area (Å²) in [5.41, 5.74) is 5.88. The second kappa shape index (κ2) is 7.06. The van der Waals surface area contributed by atoms with Crippen LogP contribution < -0.4 is 16.4 Å². The summed E-state index contributed by atoms with van der Waals surface area (Å²) >= 11 is 0. The van der Waals surface area contributed by atoms with Crippen LogP contribution in [0.1, 0.15) is 43.7 Å². The van der Waals surface area contributed by atoms with E-state index in [0.29, 0.717) is 11.4 Å². The average molecular weight is 292 g/mol. The van der Waals surface area contributed by atoms with Gasteiger partial charge in [0.2, 0.25) is 5.91 Å². The molecule has 1 heterocycles. The van der Waals surface area contributed by atoms with E-state index in [1.54, 1.807) is 26.0 Å². The van der Waals surface area contributed by atoms with Gasteiger partial charge in [-0.25, -0.2) is 4.98 Å². The second-order valence-corrected chi connectivity index (χ2v) is 5.55. The summed E-state index contributed by atoms with van der Waals surface area (Å²) in [6, 6.07) is 3.46. The molecule has 0 aliphatic carbocycles. The molecule has 6 nitrogen and oxygen atoms in total. The van der Waals surface area contributed by atoms with Gasteiger partial charge in [0, 0.05) is 24.3 Å². The highest BCUT2D eigenvalue weighted by atomic mass is 16.2. The van der Waals surface area contributed by atoms with Gasteiger partial charge in [-0.05, 0) is 39.3 Å². The van der Waals surface area contributed by atoms with Crippen LogP contribution in [0.5, 0.6) is 0 Å². The maximum Gasteiger partial charge on any atom is 0.251 e. The van der Waals surface area contributed by atoms with E-state index in [9.17, 15) is 9.59 Å². The molecule has 0 fully saturated rings. The van der Waals surface area contributed by atoms with Crippen molar-refractivity contribution in [2.75, 3.05) is 18.4 Å². The van der Waals surface area contributed by atoms with Crippen molar-refractivity contribution >= 4 is 17.6 Å². The van der Waals surface area contributed by atoms with Gasteiger partial charge in [0.15, 0.2) is 0 Å². The van der Waals surface area contributed by atoms with Crippen LogP contribution in [-0.4, -0.2) is 29.9 Å². The number of amides is 2. The zero-order valence-electron chi connectivity index (χ0n) is 13.1. The monoisotopic (exact) mass is 292 g/mol. The number of aromatic nitrogens is 1. The van der Waals surface area contributed by atoms with Crippen LogP contribution in [-0.2, 0) is 11.2 Å². The fourth-order valence-electron chi connectivity index (χ4n) is 1.66. The molecule has 2 amide bonds. The summed E-state index contributed by atoms with van der Waals surface area (Å²) in [4.78, 5) is 27.9. The lowest BCUT2D eigenvalue weighted by molar-refractivity contribution is -0.125. The number of hydrogen-bond acceptors (Lipinski definition) is 4. The Bertz CT molecular complexity index is 526. The van der Waals surface area contributed by atoms with E-state index in [0.717, 1.165) is 18.7 Å². The lowest BCUT2D eigenvalue weighted by atomic mass is 9.92. The molecular formula is C15H24N4O2. The Labute approximate surface area is 125 Å². The number of aryl methyl sites for hydroxylation is 1. The molecule has 0 spiro atoms. The number of rotatable bonds is 7. The van der Waals surface area contributed by atoms with Crippen molar-refractivity contribution in [3.05, 3.63) is 23.4 Å². The molecule has 0 aromatic carbocycles. The molecule has 0 aliphatic rings. The summed E-state index contributed by atoms with van der Waals surface area (Å²) in [5, 5.41) is 5.85. The number of pyridine rings is 1. The van der Waals surface area contributed by atoms with Gasteiger partial charge >= 0.3 is 0 Å². The molecule has 1 rings (SSSR count). The Hall–Kier alpha value is -2.11. The van der Waals surface area contributed by atoms with Crippen LogP contribution >= 0.6 is 0 Å². The summed E-state index contributed by atoms with van der Waals surface area (Å²) < 4.78 is 0.